The fourth-order valence-electron chi connectivity index (χ4n) is 2.17. The third-order valence-electron chi connectivity index (χ3n) is 3.20. The first-order valence-electron chi connectivity index (χ1n) is 5.94. The second kappa shape index (κ2) is 6.83. The Morgan fingerprint density at radius 1 is 1.40 bits per heavy atom. The fourth-order valence-corrected chi connectivity index (χ4v) is 2.17. The monoisotopic (exact) mass is 214 g/mol. The maximum absolute atomic E-state index is 10.9. The summed E-state index contributed by atoms with van der Waals surface area (Å²) in [6.45, 7) is 2.75. The van der Waals surface area contributed by atoms with Gasteiger partial charge in [-0.15, -0.1) is 0 Å². The quantitative estimate of drug-likeness (QED) is 0.660. The molecule has 0 saturated heterocycles. The van der Waals surface area contributed by atoms with E-state index >= 15 is 0 Å². The van der Waals surface area contributed by atoms with Crippen molar-refractivity contribution in [2.24, 2.45) is 5.92 Å². The Labute approximate surface area is 92.1 Å². The number of rotatable bonds is 5. The van der Waals surface area contributed by atoms with Crippen LogP contribution in [0.1, 0.15) is 45.4 Å². The molecule has 88 valence electrons. The van der Waals surface area contributed by atoms with Gasteiger partial charge in [-0.25, -0.2) is 0 Å². The highest BCUT2D eigenvalue weighted by molar-refractivity contribution is 5.69. The van der Waals surface area contributed by atoms with Crippen molar-refractivity contribution in [3.63, 3.8) is 0 Å². The maximum atomic E-state index is 10.9. The Bertz CT molecular complexity index is 191. The minimum atomic E-state index is -0.183. The van der Waals surface area contributed by atoms with Crippen LogP contribution in [0.25, 0.3) is 0 Å². The zero-order valence-corrected chi connectivity index (χ0v) is 9.83. The summed E-state index contributed by atoms with van der Waals surface area (Å²) in [5.74, 6) is 0.639. The van der Waals surface area contributed by atoms with Gasteiger partial charge < -0.3 is 9.47 Å². The van der Waals surface area contributed by atoms with Crippen LogP contribution in [-0.4, -0.2) is 25.8 Å². The number of esters is 1. The minimum absolute atomic E-state index is 0.183. The SMILES string of the molecule is CCC1CCCC(OCCC(=O)OC)C1. The molecule has 1 fully saturated rings. The van der Waals surface area contributed by atoms with Gasteiger partial charge in [0.05, 0.1) is 26.2 Å². The molecule has 0 N–H and O–H groups in total. The van der Waals surface area contributed by atoms with E-state index in [2.05, 4.69) is 11.7 Å². The molecule has 0 aromatic carbocycles. The van der Waals surface area contributed by atoms with Gasteiger partial charge in [0, 0.05) is 0 Å². The first-order valence-corrected chi connectivity index (χ1v) is 5.94. The maximum Gasteiger partial charge on any atom is 0.307 e. The van der Waals surface area contributed by atoms with E-state index in [-0.39, 0.29) is 5.97 Å². The highest BCUT2D eigenvalue weighted by Gasteiger charge is 2.21. The Kier molecular flexibility index (Phi) is 5.69. The third-order valence-corrected chi connectivity index (χ3v) is 3.20. The first kappa shape index (κ1) is 12.5. The molecular weight excluding hydrogens is 192 g/mol. The first-order chi connectivity index (χ1) is 7.26. The van der Waals surface area contributed by atoms with E-state index in [0.29, 0.717) is 19.1 Å². The van der Waals surface area contributed by atoms with Gasteiger partial charge in [0.15, 0.2) is 0 Å². The number of carbonyl (C=O) groups is 1. The predicted octanol–water partition coefficient (Wildman–Crippen LogP) is 2.53. The molecule has 0 spiro atoms. The number of hydrogen-bond donors (Lipinski definition) is 0. The van der Waals surface area contributed by atoms with Crippen molar-refractivity contribution < 1.29 is 14.3 Å². The van der Waals surface area contributed by atoms with Gasteiger partial charge in [0.2, 0.25) is 0 Å². The van der Waals surface area contributed by atoms with Crippen molar-refractivity contribution >= 4 is 5.97 Å². The predicted molar refractivity (Wildman–Crippen MR) is 58.6 cm³/mol. The second-order valence-electron chi connectivity index (χ2n) is 4.26. The Morgan fingerprint density at radius 2 is 2.20 bits per heavy atom. The molecule has 0 aromatic rings. The molecule has 3 nitrogen and oxygen atoms in total. The van der Waals surface area contributed by atoms with E-state index in [1.807, 2.05) is 0 Å². The van der Waals surface area contributed by atoms with E-state index in [1.165, 1.54) is 26.4 Å². The number of hydrogen-bond acceptors (Lipinski definition) is 3. The van der Waals surface area contributed by atoms with Gasteiger partial charge in [-0.3, -0.25) is 4.79 Å². The molecule has 1 aliphatic carbocycles. The molecule has 0 aromatic heterocycles. The van der Waals surface area contributed by atoms with Crippen molar-refractivity contribution in [2.45, 2.75) is 51.6 Å². The molecule has 0 aliphatic heterocycles. The number of methoxy groups -OCH3 is 1. The average molecular weight is 214 g/mol. The van der Waals surface area contributed by atoms with Gasteiger partial charge in [-0.2, -0.15) is 0 Å². The van der Waals surface area contributed by atoms with Crippen molar-refractivity contribution in [3.8, 4) is 0 Å². The van der Waals surface area contributed by atoms with Gasteiger partial charge in [0.1, 0.15) is 0 Å². The van der Waals surface area contributed by atoms with Crippen molar-refractivity contribution in [1.29, 1.82) is 0 Å². The summed E-state index contributed by atoms with van der Waals surface area (Å²) in [6, 6.07) is 0. The van der Waals surface area contributed by atoms with Crippen LogP contribution in [0.2, 0.25) is 0 Å². The standard InChI is InChI=1S/C12H22O3/c1-3-10-5-4-6-11(9-10)15-8-7-12(13)14-2/h10-11H,3-9H2,1-2H3. The van der Waals surface area contributed by atoms with Gasteiger partial charge >= 0.3 is 5.97 Å². The van der Waals surface area contributed by atoms with Gasteiger partial charge in [-0.1, -0.05) is 26.2 Å². The molecule has 1 saturated carbocycles. The largest absolute Gasteiger partial charge is 0.469 e. The molecule has 0 amide bonds. The van der Waals surface area contributed by atoms with E-state index in [9.17, 15) is 4.79 Å². The van der Waals surface area contributed by atoms with Crippen molar-refractivity contribution in [3.05, 3.63) is 0 Å². The lowest BCUT2D eigenvalue weighted by Crippen LogP contribution is -2.23. The molecule has 1 rings (SSSR count). The van der Waals surface area contributed by atoms with Crippen LogP contribution in [0.5, 0.6) is 0 Å². The minimum Gasteiger partial charge on any atom is -0.469 e. The van der Waals surface area contributed by atoms with Crippen LogP contribution < -0.4 is 0 Å². The molecule has 1 aliphatic rings. The second-order valence-corrected chi connectivity index (χ2v) is 4.26. The molecule has 0 radical (unpaired) electrons. The van der Waals surface area contributed by atoms with E-state index in [1.54, 1.807) is 0 Å². The fraction of sp³-hybridized carbons (Fsp3) is 0.917. The normalized spacial score (nSPS) is 26.3. The Morgan fingerprint density at radius 3 is 2.87 bits per heavy atom. The Hall–Kier alpha value is -0.570. The molecule has 15 heavy (non-hydrogen) atoms. The molecule has 2 atom stereocenters. The summed E-state index contributed by atoms with van der Waals surface area (Å²) >= 11 is 0. The van der Waals surface area contributed by atoms with Crippen LogP contribution in [0, 0.1) is 5.92 Å². The molecule has 2 unspecified atom stereocenters. The molecule has 3 heteroatoms. The third kappa shape index (κ3) is 4.65. The van der Waals surface area contributed by atoms with E-state index in [4.69, 9.17) is 4.74 Å². The lowest BCUT2D eigenvalue weighted by Gasteiger charge is -2.28. The zero-order chi connectivity index (χ0) is 11.1. The summed E-state index contributed by atoms with van der Waals surface area (Å²) < 4.78 is 10.2. The average Bonchev–Trinajstić information content (AvgIpc) is 2.29. The highest BCUT2D eigenvalue weighted by Crippen LogP contribution is 2.28. The molecule has 0 heterocycles. The summed E-state index contributed by atoms with van der Waals surface area (Å²) in [5, 5.41) is 0. The van der Waals surface area contributed by atoms with Crippen LogP contribution in [0.4, 0.5) is 0 Å². The number of carbonyl (C=O) groups excluding carboxylic acids is 1. The molecule has 0 bridgehead atoms. The topological polar surface area (TPSA) is 35.5 Å². The summed E-state index contributed by atoms with van der Waals surface area (Å²) in [5.41, 5.74) is 0. The highest BCUT2D eigenvalue weighted by atomic mass is 16.5. The smallest absolute Gasteiger partial charge is 0.307 e. The Balaban J connectivity index is 2.12. The lowest BCUT2D eigenvalue weighted by molar-refractivity contribution is -0.142. The van der Waals surface area contributed by atoms with E-state index < -0.39 is 0 Å². The van der Waals surface area contributed by atoms with Gasteiger partial charge in [0.25, 0.3) is 0 Å². The lowest BCUT2D eigenvalue weighted by atomic mass is 9.85. The van der Waals surface area contributed by atoms with Crippen molar-refractivity contribution in [2.75, 3.05) is 13.7 Å². The molecular formula is C12H22O3. The van der Waals surface area contributed by atoms with Crippen LogP contribution in [0.15, 0.2) is 0 Å². The summed E-state index contributed by atoms with van der Waals surface area (Å²) in [7, 11) is 1.41. The summed E-state index contributed by atoms with van der Waals surface area (Å²) in [4.78, 5) is 10.9. The van der Waals surface area contributed by atoms with E-state index in [0.717, 1.165) is 18.8 Å². The van der Waals surface area contributed by atoms with Crippen molar-refractivity contribution in [1.82, 2.24) is 0 Å². The van der Waals surface area contributed by atoms with Crippen LogP contribution in [-0.2, 0) is 14.3 Å². The summed E-state index contributed by atoms with van der Waals surface area (Å²) in [6.07, 6.45) is 6.92. The van der Waals surface area contributed by atoms with Crippen LogP contribution in [0.3, 0.4) is 0 Å². The van der Waals surface area contributed by atoms with Gasteiger partial charge in [-0.05, 0) is 18.8 Å². The number of ether oxygens (including phenoxy) is 2. The van der Waals surface area contributed by atoms with Crippen LogP contribution >= 0.6 is 0 Å². The zero-order valence-electron chi connectivity index (χ0n) is 9.83.